The van der Waals surface area contributed by atoms with Crippen LogP contribution in [0.5, 0.6) is 0 Å². The first-order valence-electron chi connectivity index (χ1n) is 9.06. The molecule has 1 unspecified atom stereocenters. The minimum Gasteiger partial charge on any atom is -0.379 e. The molecular weight excluding hydrogens is 304 g/mol. The Kier molecular flexibility index (Phi) is 4.97. The zero-order valence-corrected chi connectivity index (χ0v) is 15.3. The second kappa shape index (κ2) is 6.84. The number of rotatable bonds is 5. The summed E-state index contributed by atoms with van der Waals surface area (Å²) in [5, 5.41) is 7.81. The number of hydrogen-bond donors (Lipinski definition) is 1. The van der Waals surface area contributed by atoms with Crippen LogP contribution < -0.4 is 5.32 Å². The van der Waals surface area contributed by atoms with E-state index in [2.05, 4.69) is 37.9 Å². The number of hydrogen-bond acceptors (Lipinski definition) is 4. The van der Waals surface area contributed by atoms with Gasteiger partial charge in [0.15, 0.2) is 0 Å². The molecule has 1 aliphatic carbocycles. The molecule has 0 radical (unpaired) electrons. The lowest BCUT2D eigenvalue weighted by Gasteiger charge is -2.32. The minimum atomic E-state index is -0.199. The molecular formula is C18H30N4O2. The quantitative estimate of drug-likeness (QED) is 0.894. The summed E-state index contributed by atoms with van der Waals surface area (Å²) >= 11 is 0. The van der Waals surface area contributed by atoms with Gasteiger partial charge in [0.1, 0.15) is 5.69 Å². The minimum absolute atomic E-state index is 0.0237. The van der Waals surface area contributed by atoms with E-state index >= 15 is 0 Å². The molecule has 6 heteroatoms. The maximum absolute atomic E-state index is 12.7. The summed E-state index contributed by atoms with van der Waals surface area (Å²) in [5.41, 5.74) is 1.55. The van der Waals surface area contributed by atoms with Gasteiger partial charge in [-0.05, 0) is 46.6 Å². The van der Waals surface area contributed by atoms with E-state index in [1.54, 1.807) is 0 Å². The highest BCUT2D eigenvalue weighted by Gasteiger charge is 2.31. The summed E-state index contributed by atoms with van der Waals surface area (Å²) in [7, 11) is 0. The molecule has 1 amide bonds. The second-order valence-electron chi connectivity index (χ2n) is 8.02. The predicted octanol–water partition coefficient (Wildman–Crippen LogP) is 1.97. The molecule has 0 bridgehead atoms. The van der Waals surface area contributed by atoms with Crippen molar-refractivity contribution in [1.29, 1.82) is 0 Å². The van der Waals surface area contributed by atoms with Crippen molar-refractivity contribution < 1.29 is 9.53 Å². The molecule has 1 aliphatic heterocycles. The van der Waals surface area contributed by atoms with Crippen LogP contribution >= 0.6 is 0 Å². The predicted molar refractivity (Wildman–Crippen MR) is 93.4 cm³/mol. The number of nitrogens with one attached hydrogen (secondary N) is 1. The molecule has 2 heterocycles. The molecule has 3 rings (SSSR count). The smallest absolute Gasteiger partial charge is 0.269 e. The van der Waals surface area contributed by atoms with Crippen molar-refractivity contribution in [3.8, 4) is 0 Å². The van der Waals surface area contributed by atoms with Crippen molar-refractivity contribution in [2.75, 3.05) is 32.8 Å². The van der Waals surface area contributed by atoms with Crippen LogP contribution in [0.3, 0.4) is 0 Å². The number of nitrogens with zero attached hydrogens (tertiary/aromatic N) is 3. The molecule has 0 spiro atoms. The van der Waals surface area contributed by atoms with Gasteiger partial charge in [0.05, 0.1) is 24.4 Å². The third-order valence-electron chi connectivity index (χ3n) is 4.82. The molecule has 24 heavy (non-hydrogen) atoms. The van der Waals surface area contributed by atoms with Gasteiger partial charge in [-0.25, -0.2) is 0 Å². The maximum Gasteiger partial charge on any atom is 0.269 e. The number of carbonyl (C=O) groups is 1. The summed E-state index contributed by atoms with van der Waals surface area (Å²) in [5.74, 6) is 0.525. The topological polar surface area (TPSA) is 59.4 Å². The van der Waals surface area contributed by atoms with Gasteiger partial charge >= 0.3 is 0 Å². The molecule has 2 aliphatic rings. The van der Waals surface area contributed by atoms with Gasteiger partial charge in [-0.15, -0.1) is 0 Å². The zero-order valence-electron chi connectivity index (χ0n) is 15.3. The summed E-state index contributed by atoms with van der Waals surface area (Å²) in [6.07, 6.45) is 2.38. The van der Waals surface area contributed by atoms with Crippen LogP contribution in [0, 0.1) is 0 Å². The van der Waals surface area contributed by atoms with E-state index in [0.717, 1.165) is 32.0 Å². The molecule has 1 aromatic heterocycles. The van der Waals surface area contributed by atoms with E-state index in [-0.39, 0.29) is 11.4 Å². The molecule has 1 aromatic rings. The first-order chi connectivity index (χ1) is 11.4. The fourth-order valence-electron chi connectivity index (χ4n) is 3.13. The normalized spacial score (nSPS) is 20.8. The third-order valence-corrected chi connectivity index (χ3v) is 4.82. The van der Waals surface area contributed by atoms with Gasteiger partial charge < -0.3 is 10.1 Å². The fraction of sp³-hybridized carbons (Fsp3) is 0.778. The molecule has 134 valence electrons. The number of carbonyl (C=O) groups excluding carboxylic acids is 1. The maximum atomic E-state index is 12.7. The lowest BCUT2D eigenvalue weighted by Crippen LogP contribution is -2.47. The van der Waals surface area contributed by atoms with Crippen LogP contribution in [-0.2, 0) is 10.3 Å². The average molecular weight is 334 g/mol. The molecule has 1 saturated heterocycles. The Bertz CT molecular complexity index is 580. The summed E-state index contributed by atoms with van der Waals surface area (Å²) in [6, 6.07) is 2.30. The summed E-state index contributed by atoms with van der Waals surface area (Å²) in [4.78, 5) is 15.1. The Hall–Kier alpha value is -1.40. The van der Waals surface area contributed by atoms with E-state index < -0.39 is 0 Å². The number of morpholine rings is 1. The van der Waals surface area contributed by atoms with Crippen LogP contribution in [-0.4, -0.2) is 59.5 Å². The summed E-state index contributed by atoms with van der Waals surface area (Å²) < 4.78 is 7.27. The van der Waals surface area contributed by atoms with Crippen molar-refractivity contribution in [3.05, 3.63) is 17.5 Å². The van der Waals surface area contributed by atoms with Crippen LogP contribution in [0.25, 0.3) is 0 Å². The van der Waals surface area contributed by atoms with E-state index in [9.17, 15) is 4.79 Å². The van der Waals surface area contributed by atoms with E-state index in [0.29, 0.717) is 24.2 Å². The highest BCUT2D eigenvalue weighted by Crippen LogP contribution is 2.40. The van der Waals surface area contributed by atoms with E-state index in [1.807, 2.05) is 10.7 Å². The van der Waals surface area contributed by atoms with E-state index in [1.165, 1.54) is 12.8 Å². The largest absolute Gasteiger partial charge is 0.379 e. The van der Waals surface area contributed by atoms with Gasteiger partial charge in [0, 0.05) is 31.6 Å². The molecule has 2 fully saturated rings. The Balaban J connectivity index is 1.65. The van der Waals surface area contributed by atoms with Crippen LogP contribution in [0.1, 0.15) is 62.6 Å². The first-order valence-corrected chi connectivity index (χ1v) is 9.06. The molecule has 1 saturated carbocycles. The van der Waals surface area contributed by atoms with Crippen molar-refractivity contribution in [1.82, 2.24) is 20.0 Å². The Morgan fingerprint density at radius 1 is 1.38 bits per heavy atom. The van der Waals surface area contributed by atoms with Crippen LogP contribution in [0.4, 0.5) is 0 Å². The van der Waals surface area contributed by atoms with Crippen molar-refractivity contribution >= 4 is 5.91 Å². The average Bonchev–Trinajstić information content (AvgIpc) is 3.30. The first kappa shape index (κ1) is 17.4. The lowest BCUT2D eigenvalue weighted by atomic mass is 10.1. The monoisotopic (exact) mass is 334 g/mol. The molecule has 1 atom stereocenters. The molecule has 0 aromatic carbocycles. The highest BCUT2D eigenvalue weighted by molar-refractivity contribution is 5.92. The standard InChI is InChI=1S/C18H30N4O2/c1-13(21-7-9-24-10-8-21)12-19-17(23)16-11-15(14-5-6-14)20-22(16)18(2,3)4/h11,13-14H,5-10,12H2,1-4H3,(H,19,23). The Morgan fingerprint density at radius 2 is 2.04 bits per heavy atom. The number of ether oxygens (including phenoxy) is 1. The van der Waals surface area contributed by atoms with Crippen molar-refractivity contribution in [3.63, 3.8) is 0 Å². The molecule has 6 nitrogen and oxygen atoms in total. The Morgan fingerprint density at radius 3 is 2.62 bits per heavy atom. The van der Waals surface area contributed by atoms with Gasteiger partial charge in [0.25, 0.3) is 5.91 Å². The zero-order chi connectivity index (χ0) is 17.3. The van der Waals surface area contributed by atoms with Crippen molar-refractivity contribution in [2.45, 2.75) is 58.0 Å². The van der Waals surface area contributed by atoms with Gasteiger partial charge in [-0.3, -0.25) is 14.4 Å². The number of aromatic nitrogens is 2. The fourth-order valence-corrected chi connectivity index (χ4v) is 3.13. The third kappa shape index (κ3) is 3.98. The van der Waals surface area contributed by atoms with E-state index in [4.69, 9.17) is 9.84 Å². The Labute approximate surface area is 144 Å². The molecule has 1 N–H and O–H groups in total. The second-order valence-corrected chi connectivity index (χ2v) is 8.02. The number of amides is 1. The van der Waals surface area contributed by atoms with Crippen LogP contribution in [0.15, 0.2) is 6.07 Å². The van der Waals surface area contributed by atoms with Gasteiger partial charge in [-0.1, -0.05) is 0 Å². The van der Waals surface area contributed by atoms with Crippen LogP contribution in [0.2, 0.25) is 0 Å². The SMILES string of the molecule is CC(CNC(=O)c1cc(C2CC2)nn1C(C)(C)C)N1CCOCC1. The van der Waals surface area contributed by atoms with Gasteiger partial charge in [0.2, 0.25) is 0 Å². The lowest BCUT2D eigenvalue weighted by molar-refractivity contribution is 0.0204. The highest BCUT2D eigenvalue weighted by atomic mass is 16.5. The van der Waals surface area contributed by atoms with Crippen molar-refractivity contribution in [2.24, 2.45) is 0 Å². The van der Waals surface area contributed by atoms with Gasteiger partial charge in [-0.2, -0.15) is 5.10 Å². The summed E-state index contributed by atoms with van der Waals surface area (Å²) in [6.45, 7) is 12.5.